The van der Waals surface area contributed by atoms with Crippen LogP contribution < -0.4 is 5.32 Å². The molecule has 3 heteroatoms. The summed E-state index contributed by atoms with van der Waals surface area (Å²) in [5.74, 6) is 0.866. The van der Waals surface area contributed by atoms with Crippen molar-refractivity contribution in [1.29, 1.82) is 0 Å². The van der Waals surface area contributed by atoms with Gasteiger partial charge in [-0.25, -0.2) is 0 Å². The number of carbonyl (C=O) groups excluding carboxylic acids is 1. The van der Waals surface area contributed by atoms with Gasteiger partial charge in [0.25, 0.3) is 0 Å². The van der Waals surface area contributed by atoms with E-state index in [1.807, 2.05) is 0 Å². The lowest BCUT2D eigenvalue weighted by Crippen LogP contribution is -2.37. The Kier molecular flexibility index (Phi) is 6.18. The first kappa shape index (κ1) is 13.8. The summed E-state index contributed by atoms with van der Waals surface area (Å²) in [7, 11) is 0. The van der Waals surface area contributed by atoms with E-state index in [2.05, 4.69) is 19.2 Å². The quantitative estimate of drug-likeness (QED) is 0.740. The van der Waals surface area contributed by atoms with E-state index in [1.165, 1.54) is 12.8 Å². The molecule has 1 N–H and O–H groups in total. The molecule has 0 radical (unpaired) electrons. The van der Waals surface area contributed by atoms with Crippen LogP contribution in [0.2, 0.25) is 0 Å². The second-order valence-electron chi connectivity index (χ2n) is 4.82. The molecule has 94 valence electrons. The molecular formula is C13H24ClNO. The van der Waals surface area contributed by atoms with Gasteiger partial charge in [-0.05, 0) is 31.6 Å². The summed E-state index contributed by atoms with van der Waals surface area (Å²) in [4.78, 5) is 11.8. The average molecular weight is 246 g/mol. The number of hydrogen-bond donors (Lipinski definition) is 1. The number of hydrogen-bond acceptors (Lipinski definition) is 1. The number of rotatable bonds is 5. The molecule has 0 bridgehead atoms. The van der Waals surface area contributed by atoms with Gasteiger partial charge in [0, 0.05) is 17.8 Å². The molecule has 0 spiro atoms. The minimum Gasteiger partial charge on any atom is -0.356 e. The topological polar surface area (TPSA) is 29.1 Å². The first-order valence-electron chi connectivity index (χ1n) is 6.60. The number of carbonyl (C=O) groups is 1. The van der Waals surface area contributed by atoms with Gasteiger partial charge in [-0.3, -0.25) is 4.79 Å². The Morgan fingerprint density at radius 1 is 1.31 bits per heavy atom. The lowest BCUT2D eigenvalue weighted by atomic mass is 9.88. The Hall–Kier alpha value is -0.240. The summed E-state index contributed by atoms with van der Waals surface area (Å²) in [5.41, 5.74) is 0. The molecule has 1 fully saturated rings. The summed E-state index contributed by atoms with van der Waals surface area (Å²) < 4.78 is 0. The van der Waals surface area contributed by atoms with E-state index in [-0.39, 0.29) is 17.2 Å². The lowest BCUT2D eigenvalue weighted by Gasteiger charge is -2.27. The smallest absolute Gasteiger partial charge is 0.223 e. The Labute approximate surface area is 104 Å². The molecular weight excluding hydrogens is 222 g/mol. The van der Waals surface area contributed by atoms with E-state index in [4.69, 9.17) is 11.6 Å². The highest BCUT2D eigenvalue weighted by Gasteiger charge is 2.24. The van der Waals surface area contributed by atoms with Crippen LogP contribution in [-0.2, 0) is 4.79 Å². The zero-order chi connectivity index (χ0) is 12.0. The SMILES string of the molecule is CCC(CC)C(=O)NCC1CCCCC1Cl. The summed E-state index contributed by atoms with van der Waals surface area (Å²) in [6.07, 6.45) is 6.62. The van der Waals surface area contributed by atoms with E-state index >= 15 is 0 Å². The molecule has 0 saturated heterocycles. The molecule has 0 aliphatic heterocycles. The summed E-state index contributed by atoms with van der Waals surface area (Å²) >= 11 is 6.26. The first-order valence-corrected chi connectivity index (χ1v) is 7.04. The van der Waals surface area contributed by atoms with Gasteiger partial charge in [0.1, 0.15) is 0 Å². The molecule has 1 saturated carbocycles. The van der Waals surface area contributed by atoms with E-state index in [0.717, 1.165) is 32.2 Å². The fourth-order valence-electron chi connectivity index (χ4n) is 2.43. The zero-order valence-corrected chi connectivity index (χ0v) is 11.2. The second kappa shape index (κ2) is 7.16. The summed E-state index contributed by atoms with van der Waals surface area (Å²) in [5, 5.41) is 3.32. The third kappa shape index (κ3) is 3.97. The molecule has 0 aromatic heterocycles. The van der Waals surface area contributed by atoms with Gasteiger partial charge in [-0.15, -0.1) is 11.6 Å². The third-order valence-electron chi connectivity index (χ3n) is 3.71. The molecule has 2 atom stereocenters. The van der Waals surface area contributed by atoms with Crippen molar-refractivity contribution in [2.75, 3.05) is 6.54 Å². The van der Waals surface area contributed by atoms with Crippen LogP contribution in [0.1, 0.15) is 52.4 Å². The summed E-state index contributed by atoms with van der Waals surface area (Å²) in [6.45, 7) is 4.90. The van der Waals surface area contributed by atoms with Crippen molar-refractivity contribution in [3.8, 4) is 0 Å². The van der Waals surface area contributed by atoms with Crippen molar-refractivity contribution >= 4 is 17.5 Å². The van der Waals surface area contributed by atoms with Crippen LogP contribution >= 0.6 is 11.6 Å². The molecule has 1 aliphatic rings. The Bertz CT molecular complexity index is 216. The molecule has 2 unspecified atom stereocenters. The van der Waals surface area contributed by atoms with E-state index in [9.17, 15) is 4.79 Å². The normalized spacial score (nSPS) is 25.8. The van der Waals surface area contributed by atoms with Crippen molar-refractivity contribution in [1.82, 2.24) is 5.32 Å². The largest absolute Gasteiger partial charge is 0.356 e. The second-order valence-corrected chi connectivity index (χ2v) is 5.38. The van der Waals surface area contributed by atoms with Crippen LogP contribution in [0, 0.1) is 11.8 Å². The Morgan fingerprint density at radius 3 is 2.50 bits per heavy atom. The number of alkyl halides is 1. The van der Waals surface area contributed by atoms with Gasteiger partial charge in [0.15, 0.2) is 0 Å². The Balaban J connectivity index is 2.29. The fourth-order valence-corrected chi connectivity index (χ4v) is 2.80. The van der Waals surface area contributed by atoms with E-state index in [1.54, 1.807) is 0 Å². The van der Waals surface area contributed by atoms with Crippen molar-refractivity contribution < 1.29 is 4.79 Å². The van der Waals surface area contributed by atoms with Crippen LogP contribution in [0.4, 0.5) is 0 Å². The molecule has 16 heavy (non-hydrogen) atoms. The van der Waals surface area contributed by atoms with Crippen molar-refractivity contribution in [3.05, 3.63) is 0 Å². The molecule has 1 aliphatic carbocycles. The Morgan fingerprint density at radius 2 is 1.94 bits per heavy atom. The molecule has 0 aromatic rings. The number of halogens is 1. The van der Waals surface area contributed by atoms with Crippen LogP contribution in [0.15, 0.2) is 0 Å². The van der Waals surface area contributed by atoms with Crippen molar-refractivity contribution in [2.45, 2.75) is 57.7 Å². The van der Waals surface area contributed by atoms with Gasteiger partial charge in [0.05, 0.1) is 0 Å². The highest BCUT2D eigenvalue weighted by molar-refractivity contribution is 6.20. The van der Waals surface area contributed by atoms with E-state index in [0.29, 0.717) is 5.92 Å². The van der Waals surface area contributed by atoms with Crippen LogP contribution in [0.5, 0.6) is 0 Å². The van der Waals surface area contributed by atoms with Gasteiger partial charge >= 0.3 is 0 Å². The minimum absolute atomic E-state index is 0.178. The highest BCUT2D eigenvalue weighted by atomic mass is 35.5. The predicted octanol–water partition coefficient (Wildman–Crippen LogP) is 3.34. The maximum absolute atomic E-state index is 11.8. The standard InChI is InChI=1S/C13H24ClNO/c1-3-10(4-2)13(16)15-9-11-7-5-6-8-12(11)14/h10-12H,3-9H2,1-2H3,(H,15,16). The van der Waals surface area contributed by atoms with Gasteiger partial charge in [-0.1, -0.05) is 26.7 Å². The fraction of sp³-hybridized carbons (Fsp3) is 0.923. The number of nitrogens with one attached hydrogen (secondary N) is 1. The van der Waals surface area contributed by atoms with Crippen LogP contribution in [0.3, 0.4) is 0 Å². The first-order chi connectivity index (χ1) is 7.69. The molecule has 1 amide bonds. The monoisotopic (exact) mass is 245 g/mol. The maximum Gasteiger partial charge on any atom is 0.223 e. The summed E-state index contributed by atoms with van der Waals surface area (Å²) in [6, 6.07) is 0. The average Bonchev–Trinajstić information content (AvgIpc) is 2.29. The molecule has 1 rings (SSSR count). The molecule has 0 aromatic carbocycles. The van der Waals surface area contributed by atoms with Gasteiger partial charge in [-0.2, -0.15) is 0 Å². The van der Waals surface area contributed by atoms with Crippen molar-refractivity contribution in [2.24, 2.45) is 11.8 Å². The van der Waals surface area contributed by atoms with Crippen LogP contribution in [0.25, 0.3) is 0 Å². The zero-order valence-electron chi connectivity index (χ0n) is 10.5. The molecule has 0 heterocycles. The van der Waals surface area contributed by atoms with Gasteiger partial charge in [0.2, 0.25) is 5.91 Å². The lowest BCUT2D eigenvalue weighted by molar-refractivity contribution is -0.125. The van der Waals surface area contributed by atoms with Crippen LogP contribution in [-0.4, -0.2) is 17.8 Å². The van der Waals surface area contributed by atoms with Gasteiger partial charge < -0.3 is 5.32 Å². The van der Waals surface area contributed by atoms with E-state index < -0.39 is 0 Å². The van der Waals surface area contributed by atoms with Crippen molar-refractivity contribution in [3.63, 3.8) is 0 Å². The third-order valence-corrected chi connectivity index (χ3v) is 4.29. The molecule has 2 nitrogen and oxygen atoms in total. The predicted molar refractivity (Wildman–Crippen MR) is 68.7 cm³/mol. The number of amides is 1. The minimum atomic E-state index is 0.178. The highest BCUT2D eigenvalue weighted by Crippen LogP contribution is 2.28. The maximum atomic E-state index is 11.8.